The van der Waals surface area contributed by atoms with E-state index < -0.39 is 5.91 Å². The van der Waals surface area contributed by atoms with Gasteiger partial charge in [0, 0.05) is 23.7 Å². The number of benzene rings is 3. The highest BCUT2D eigenvalue weighted by atomic mass is 16.5. The molecular weight excluding hydrogens is 398 g/mol. The van der Waals surface area contributed by atoms with Gasteiger partial charge in [0.1, 0.15) is 5.82 Å². The van der Waals surface area contributed by atoms with E-state index in [0.29, 0.717) is 0 Å². The van der Waals surface area contributed by atoms with E-state index in [1.807, 2.05) is 49.4 Å². The van der Waals surface area contributed by atoms with Crippen molar-refractivity contribution in [2.45, 2.75) is 19.9 Å². The van der Waals surface area contributed by atoms with Crippen molar-refractivity contribution < 1.29 is 10.0 Å². The van der Waals surface area contributed by atoms with Crippen LogP contribution in [-0.4, -0.2) is 20.7 Å². The molecule has 5 nitrogen and oxygen atoms in total. The third kappa shape index (κ3) is 4.85. The molecule has 0 aliphatic carbocycles. The van der Waals surface area contributed by atoms with Gasteiger partial charge in [-0.2, -0.15) is 0 Å². The summed E-state index contributed by atoms with van der Waals surface area (Å²) in [6, 6.07) is 28.6. The van der Waals surface area contributed by atoms with Crippen LogP contribution in [0.25, 0.3) is 28.7 Å². The molecule has 3 aromatic carbocycles. The van der Waals surface area contributed by atoms with Crippen molar-refractivity contribution in [3.05, 3.63) is 108 Å². The van der Waals surface area contributed by atoms with E-state index in [0.717, 1.165) is 46.9 Å². The average Bonchev–Trinajstić information content (AvgIpc) is 3.18. The molecule has 0 spiro atoms. The number of hydrogen-bond acceptors (Lipinski definition) is 3. The summed E-state index contributed by atoms with van der Waals surface area (Å²) in [5.41, 5.74) is 7.86. The lowest BCUT2D eigenvalue weighted by molar-refractivity contribution is -0.124. The number of hydrogen-bond donors (Lipinski definition) is 2. The minimum atomic E-state index is -0.564. The van der Waals surface area contributed by atoms with Crippen LogP contribution in [0.5, 0.6) is 0 Å². The summed E-state index contributed by atoms with van der Waals surface area (Å²) in [6.07, 6.45) is 3.86. The molecule has 5 heteroatoms. The molecule has 0 radical (unpaired) electrons. The van der Waals surface area contributed by atoms with Crippen LogP contribution in [0.3, 0.4) is 0 Å². The summed E-state index contributed by atoms with van der Waals surface area (Å²) >= 11 is 0. The van der Waals surface area contributed by atoms with Crippen LogP contribution in [-0.2, 0) is 17.8 Å². The molecule has 1 heterocycles. The Morgan fingerprint density at radius 3 is 2.38 bits per heavy atom. The fourth-order valence-corrected chi connectivity index (χ4v) is 3.85. The van der Waals surface area contributed by atoms with Crippen molar-refractivity contribution >= 4 is 12.0 Å². The zero-order valence-electron chi connectivity index (χ0n) is 17.9. The lowest BCUT2D eigenvalue weighted by atomic mass is 10.1. The van der Waals surface area contributed by atoms with Gasteiger partial charge in [-0.1, -0.05) is 78.9 Å². The van der Waals surface area contributed by atoms with Gasteiger partial charge in [0.25, 0.3) is 5.91 Å². The Bertz CT molecular complexity index is 1230. The van der Waals surface area contributed by atoms with E-state index >= 15 is 0 Å². The van der Waals surface area contributed by atoms with Crippen molar-refractivity contribution in [1.29, 1.82) is 0 Å². The fraction of sp³-hybridized carbons (Fsp3) is 0.111. The van der Waals surface area contributed by atoms with Crippen molar-refractivity contribution in [2.24, 2.45) is 0 Å². The van der Waals surface area contributed by atoms with Crippen LogP contribution in [0.15, 0.2) is 91.0 Å². The van der Waals surface area contributed by atoms with Crippen LogP contribution in [0, 0.1) is 6.92 Å². The predicted molar refractivity (Wildman–Crippen MR) is 127 cm³/mol. The number of carbonyl (C=O) groups is 1. The summed E-state index contributed by atoms with van der Waals surface area (Å²) in [5, 5.41) is 8.72. The lowest BCUT2D eigenvalue weighted by Gasteiger charge is -2.14. The van der Waals surface area contributed by atoms with E-state index in [2.05, 4.69) is 47.0 Å². The minimum Gasteiger partial charge on any atom is -0.323 e. The second-order valence-electron chi connectivity index (χ2n) is 7.56. The lowest BCUT2D eigenvalue weighted by Crippen LogP contribution is -2.14. The first kappa shape index (κ1) is 21.3. The summed E-state index contributed by atoms with van der Waals surface area (Å²) < 4.78 is 2.28. The number of rotatable bonds is 7. The summed E-state index contributed by atoms with van der Waals surface area (Å²) in [5.74, 6) is 0.375. The van der Waals surface area contributed by atoms with Gasteiger partial charge in [-0.3, -0.25) is 10.0 Å². The standard InChI is InChI=1S/C27H25N3O2/c1-20-26(24-14-8-11-22(19-24)15-16-25(31)29-32)30(18-17-21-9-4-2-5-10-21)27(28-20)23-12-6-3-7-13-23/h2-16,19,32H,17-18H2,1H3,(H,29,31). The first-order chi connectivity index (χ1) is 15.7. The maximum atomic E-state index is 11.4. The van der Waals surface area contributed by atoms with Crippen LogP contribution in [0.4, 0.5) is 0 Å². The van der Waals surface area contributed by atoms with Gasteiger partial charge in [-0.25, -0.2) is 10.5 Å². The van der Waals surface area contributed by atoms with Crippen molar-refractivity contribution in [1.82, 2.24) is 15.0 Å². The molecule has 2 N–H and O–H groups in total. The molecule has 4 aromatic rings. The smallest absolute Gasteiger partial charge is 0.267 e. The monoisotopic (exact) mass is 423 g/mol. The normalized spacial score (nSPS) is 11.1. The highest BCUT2D eigenvalue weighted by molar-refractivity contribution is 5.91. The van der Waals surface area contributed by atoms with E-state index in [-0.39, 0.29) is 0 Å². The molecule has 0 saturated heterocycles. The molecule has 1 aromatic heterocycles. The van der Waals surface area contributed by atoms with Gasteiger partial charge in [0.05, 0.1) is 11.4 Å². The number of amides is 1. The quantitative estimate of drug-likeness (QED) is 0.241. The van der Waals surface area contributed by atoms with Crippen LogP contribution in [0.1, 0.15) is 16.8 Å². The van der Waals surface area contributed by atoms with Crippen molar-refractivity contribution in [3.8, 4) is 22.6 Å². The number of nitrogens with one attached hydrogen (secondary N) is 1. The van der Waals surface area contributed by atoms with E-state index in [4.69, 9.17) is 10.2 Å². The van der Waals surface area contributed by atoms with Crippen molar-refractivity contribution in [3.63, 3.8) is 0 Å². The third-order valence-corrected chi connectivity index (χ3v) is 5.34. The third-order valence-electron chi connectivity index (χ3n) is 5.34. The van der Waals surface area contributed by atoms with E-state index in [9.17, 15) is 4.79 Å². The molecule has 0 fully saturated rings. The Morgan fingerprint density at radius 2 is 1.66 bits per heavy atom. The molecule has 0 saturated carbocycles. The number of aromatic nitrogens is 2. The van der Waals surface area contributed by atoms with Crippen LogP contribution >= 0.6 is 0 Å². The van der Waals surface area contributed by atoms with Gasteiger partial charge in [-0.15, -0.1) is 0 Å². The first-order valence-electron chi connectivity index (χ1n) is 10.5. The Hall–Kier alpha value is -3.96. The van der Waals surface area contributed by atoms with E-state index in [1.165, 1.54) is 11.6 Å². The number of nitrogens with zero attached hydrogens (tertiary/aromatic N) is 2. The van der Waals surface area contributed by atoms with Crippen LogP contribution < -0.4 is 5.48 Å². The van der Waals surface area contributed by atoms with Crippen molar-refractivity contribution in [2.75, 3.05) is 0 Å². The highest BCUT2D eigenvalue weighted by Gasteiger charge is 2.17. The van der Waals surface area contributed by atoms with Gasteiger partial charge in [0.15, 0.2) is 0 Å². The molecule has 1 amide bonds. The predicted octanol–water partition coefficient (Wildman–Crippen LogP) is 5.29. The van der Waals surface area contributed by atoms with Gasteiger partial charge < -0.3 is 4.57 Å². The fourth-order valence-electron chi connectivity index (χ4n) is 3.85. The SMILES string of the molecule is Cc1nc(-c2ccccc2)n(CCc2ccccc2)c1-c1cccc(C=CC(=O)NO)c1. The average molecular weight is 424 g/mol. The maximum Gasteiger partial charge on any atom is 0.267 e. The van der Waals surface area contributed by atoms with Gasteiger partial charge in [0.2, 0.25) is 0 Å². The molecule has 0 aliphatic rings. The summed E-state index contributed by atoms with van der Waals surface area (Å²) in [6.45, 7) is 2.82. The van der Waals surface area contributed by atoms with Crippen LogP contribution in [0.2, 0.25) is 0 Å². The Labute approximate surface area is 187 Å². The van der Waals surface area contributed by atoms with Gasteiger partial charge in [-0.05, 0) is 36.6 Å². The number of imidazole rings is 1. The Morgan fingerprint density at radius 1 is 0.969 bits per heavy atom. The second kappa shape index (κ2) is 9.90. The minimum absolute atomic E-state index is 0.564. The molecule has 0 bridgehead atoms. The number of aryl methyl sites for hydroxylation is 2. The molecule has 32 heavy (non-hydrogen) atoms. The Balaban J connectivity index is 1.77. The Kier molecular flexibility index (Phi) is 6.58. The molecule has 4 rings (SSSR count). The topological polar surface area (TPSA) is 67.2 Å². The molecule has 160 valence electrons. The largest absolute Gasteiger partial charge is 0.323 e. The summed E-state index contributed by atoms with van der Waals surface area (Å²) in [7, 11) is 0. The second-order valence-corrected chi connectivity index (χ2v) is 7.56. The number of carbonyl (C=O) groups excluding carboxylic acids is 1. The molecular formula is C27H25N3O2. The van der Waals surface area contributed by atoms with E-state index in [1.54, 1.807) is 11.6 Å². The highest BCUT2D eigenvalue weighted by Crippen LogP contribution is 2.31. The summed E-state index contributed by atoms with van der Waals surface area (Å²) in [4.78, 5) is 16.3. The molecule has 0 unspecified atom stereocenters. The zero-order valence-corrected chi connectivity index (χ0v) is 17.9. The molecule has 0 atom stereocenters. The van der Waals surface area contributed by atoms with Gasteiger partial charge >= 0.3 is 0 Å². The maximum absolute atomic E-state index is 11.4. The zero-order chi connectivity index (χ0) is 22.3. The first-order valence-corrected chi connectivity index (χ1v) is 10.5. The molecule has 0 aliphatic heterocycles. The number of hydroxylamine groups is 1.